The van der Waals surface area contributed by atoms with Gasteiger partial charge in [-0.3, -0.25) is 19.5 Å². The summed E-state index contributed by atoms with van der Waals surface area (Å²) in [7, 11) is 0. The van der Waals surface area contributed by atoms with Gasteiger partial charge in [0.1, 0.15) is 0 Å². The number of likely N-dealkylation sites (tertiary alicyclic amines) is 1. The second kappa shape index (κ2) is 9.31. The largest absolute Gasteiger partial charge is 0.480 e. The van der Waals surface area contributed by atoms with E-state index in [0.717, 1.165) is 6.07 Å². The third-order valence-electron chi connectivity index (χ3n) is 6.51. The lowest BCUT2D eigenvalue weighted by molar-refractivity contribution is -0.0924. The Balaban J connectivity index is 1.42. The minimum absolute atomic E-state index is 0.0702. The fourth-order valence-corrected chi connectivity index (χ4v) is 4.76. The number of pyridine rings is 1. The van der Waals surface area contributed by atoms with Crippen LogP contribution in [0.25, 0.3) is 0 Å². The van der Waals surface area contributed by atoms with Crippen LogP contribution in [-0.2, 0) is 6.54 Å². The van der Waals surface area contributed by atoms with Crippen LogP contribution in [0, 0.1) is 11.6 Å². The number of nitrogens with zero attached hydrogens (tertiary/aromatic N) is 3. The molecule has 36 heavy (non-hydrogen) atoms. The zero-order chi connectivity index (χ0) is 25.4. The summed E-state index contributed by atoms with van der Waals surface area (Å²) in [4.78, 5) is 34.1. The zero-order valence-electron chi connectivity index (χ0n) is 20.0. The van der Waals surface area contributed by atoms with Gasteiger partial charge in [0.2, 0.25) is 0 Å². The molecule has 0 unspecified atom stereocenters. The van der Waals surface area contributed by atoms with Crippen molar-refractivity contribution in [2.75, 3.05) is 25.0 Å². The predicted molar refractivity (Wildman–Crippen MR) is 130 cm³/mol. The number of ether oxygens (including phenoxy) is 1. The maximum absolute atomic E-state index is 13.7. The summed E-state index contributed by atoms with van der Waals surface area (Å²) in [6.07, 6.45) is 3.07. The molecule has 1 spiro atoms. The van der Waals surface area contributed by atoms with Crippen LogP contribution in [0.4, 0.5) is 14.5 Å². The van der Waals surface area contributed by atoms with Crippen LogP contribution in [0.15, 0.2) is 60.9 Å². The fourth-order valence-electron chi connectivity index (χ4n) is 4.76. The van der Waals surface area contributed by atoms with Gasteiger partial charge in [-0.2, -0.15) is 0 Å². The van der Waals surface area contributed by atoms with Crippen molar-refractivity contribution >= 4 is 17.5 Å². The molecule has 0 radical (unpaired) electrons. The minimum atomic E-state index is -0.881. The van der Waals surface area contributed by atoms with Crippen LogP contribution >= 0.6 is 0 Å². The topological polar surface area (TPSA) is 74.8 Å². The van der Waals surface area contributed by atoms with Gasteiger partial charge in [0.25, 0.3) is 11.8 Å². The first-order chi connectivity index (χ1) is 17.2. The van der Waals surface area contributed by atoms with Crippen LogP contribution in [0.1, 0.15) is 40.1 Å². The number of aromatic nitrogens is 1. The summed E-state index contributed by atoms with van der Waals surface area (Å²) in [5.74, 6) is -1.94. The summed E-state index contributed by atoms with van der Waals surface area (Å²) in [5.41, 5.74) is 1.17. The summed E-state index contributed by atoms with van der Waals surface area (Å²) < 4.78 is 33.5. The number of nitrogens with one attached hydrogen (secondary N) is 1. The number of hydrogen-bond acceptors (Lipinski definition) is 5. The second-order valence-corrected chi connectivity index (χ2v) is 9.58. The van der Waals surface area contributed by atoms with Crippen molar-refractivity contribution in [2.24, 2.45) is 0 Å². The van der Waals surface area contributed by atoms with Crippen LogP contribution in [-0.4, -0.2) is 57.9 Å². The lowest BCUT2D eigenvalue weighted by Crippen LogP contribution is -2.69. The number of fused-ring (bicyclic) bond motifs is 1. The van der Waals surface area contributed by atoms with Gasteiger partial charge in [0.05, 0.1) is 17.8 Å². The third kappa shape index (κ3) is 4.54. The van der Waals surface area contributed by atoms with Gasteiger partial charge in [-0.25, -0.2) is 8.78 Å². The highest BCUT2D eigenvalue weighted by molar-refractivity contribution is 6.07. The average molecular weight is 493 g/mol. The van der Waals surface area contributed by atoms with Crippen molar-refractivity contribution in [1.82, 2.24) is 14.8 Å². The Hall–Kier alpha value is -3.85. The number of anilines is 1. The molecule has 3 aromatic rings. The summed E-state index contributed by atoms with van der Waals surface area (Å²) in [5, 5.41) is 2.87. The highest BCUT2D eigenvalue weighted by Crippen LogP contribution is 2.40. The molecule has 1 fully saturated rings. The molecule has 9 heteroatoms. The number of rotatable bonds is 5. The highest BCUT2D eigenvalue weighted by atomic mass is 19.2. The molecule has 0 aliphatic carbocycles. The molecule has 7 nitrogen and oxygen atoms in total. The van der Waals surface area contributed by atoms with E-state index >= 15 is 0 Å². The maximum atomic E-state index is 13.7. The molecule has 5 rings (SSSR count). The second-order valence-electron chi connectivity index (χ2n) is 9.58. The Bertz CT molecular complexity index is 1310. The van der Waals surface area contributed by atoms with Crippen LogP contribution in [0.3, 0.4) is 0 Å². The molecule has 0 atom stereocenters. The molecule has 186 valence electrons. The number of halogens is 2. The van der Waals surface area contributed by atoms with Crippen molar-refractivity contribution in [1.29, 1.82) is 0 Å². The number of hydrogen-bond donors (Lipinski definition) is 1. The SMILES string of the molecule is CC(C)N1CC2(CN(Cc3ccc(F)c(F)c3)C2)Oc2c(NC(=O)c3ccncc3)cccc2C1=O. The molecule has 2 aromatic carbocycles. The van der Waals surface area contributed by atoms with E-state index in [2.05, 4.69) is 15.2 Å². The summed E-state index contributed by atoms with van der Waals surface area (Å²) in [6.45, 7) is 5.64. The third-order valence-corrected chi connectivity index (χ3v) is 6.51. The van der Waals surface area contributed by atoms with Crippen molar-refractivity contribution in [3.8, 4) is 5.75 Å². The molecule has 2 amide bonds. The lowest BCUT2D eigenvalue weighted by Gasteiger charge is -2.50. The van der Waals surface area contributed by atoms with Gasteiger partial charge in [-0.05, 0) is 55.8 Å². The monoisotopic (exact) mass is 492 g/mol. The lowest BCUT2D eigenvalue weighted by atomic mass is 9.92. The Kier molecular flexibility index (Phi) is 6.17. The first-order valence-corrected chi connectivity index (χ1v) is 11.8. The average Bonchev–Trinajstić information content (AvgIpc) is 2.97. The molecular weight excluding hydrogens is 466 g/mol. The van der Waals surface area contributed by atoms with Crippen LogP contribution in [0.2, 0.25) is 0 Å². The first kappa shape index (κ1) is 23.9. The molecule has 1 saturated heterocycles. The molecular formula is C27H26F2N4O3. The van der Waals surface area contributed by atoms with E-state index in [-0.39, 0.29) is 17.9 Å². The van der Waals surface area contributed by atoms with Gasteiger partial charge in [-0.15, -0.1) is 0 Å². The molecule has 0 saturated carbocycles. The molecule has 2 aliphatic rings. The van der Waals surface area contributed by atoms with E-state index in [0.29, 0.717) is 54.3 Å². The van der Waals surface area contributed by atoms with Gasteiger partial charge < -0.3 is 15.0 Å². The summed E-state index contributed by atoms with van der Waals surface area (Å²) in [6, 6.07) is 12.1. The van der Waals surface area contributed by atoms with Crippen molar-refractivity contribution in [3.05, 3.63) is 89.2 Å². The minimum Gasteiger partial charge on any atom is -0.480 e. The normalized spacial score (nSPS) is 16.8. The number of para-hydroxylation sites is 1. The van der Waals surface area contributed by atoms with E-state index < -0.39 is 17.2 Å². The Morgan fingerprint density at radius 1 is 1.08 bits per heavy atom. The van der Waals surface area contributed by atoms with E-state index in [1.165, 1.54) is 18.5 Å². The zero-order valence-corrected chi connectivity index (χ0v) is 20.0. The molecule has 1 aromatic heterocycles. The Morgan fingerprint density at radius 3 is 2.53 bits per heavy atom. The number of amides is 2. The molecule has 0 bridgehead atoms. The van der Waals surface area contributed by atoms with E-state index in [9.17, 15) is 18.4 Å². The van der Waals surface area contributed by atoms with E-state index in [4.69, 9.17) is 4.74 Å². The number of carbonyl (C=O) groups excluding carboxylic acids is 2. The standard InChI is InChI=1S/C27H26F2N4O3/c1-17(2)33-16-27(14-32(15-27)13-18-6-7-21(28)22(29)12-18)36-24-20(26(33)35)4-3-5-23(24)31-25(34)19-8-10-30-11-9-19/h3-12,17H,13-16H2,1-2H3,(H,31,34). The predicted octanol–water partition coefficient (Wildman–Crippen LogP) is 4.11. The van der Waals surface area contributed by atoms with Gasteiger partial charge in [0.15, 0.2) is 23.0 Å². The number of carbonyl (C=O) groups is 2. The van der Waals surface area contributed by atoms with E-state index in [1.54, 1.807) is 41.3 Å². The van der Waals surface area contributed by atoms with Gasteiger partial charge >= 0.3 is 0 Å². The van der Waals surface area contributed by atoms with Crippen molar-refractivity contribution < 1.29 is 23.1 Å². The van der Waals surface area contributed by atoms with Gasteiger partial charge in [0, 0.05) is 43.6 Å². The Morgan fingerprint density at radius 2 is 1.83 bits per heavy atom. The molecule has 2 aliphatic heterocycles. The highest BCUT2D eigenvalue weighted by Gasteiger charge is 2.50. The van der Waals surface area contributed by atoms with E-state index in [1.807, 2.05) is 13.8 Å². The van der Waals surface area contributed by atoms with Gasteiger partial charge in [-0.1, -0.05) is 12.1 Å². The summed E-state index contributed by atoms with van der Waals surface area (Å²) >= 11 is 0. The molecule has 1 N–H and O–H groups in total. The first-order valence-electron chi connectivity index (χ1n) is 11.8. The molecule has 3 heterocycles. The van der Waals surface area contributed by atoms with Crippen molar-refractivity contribution in [3.63, 3.8) is 0 Å². The van der Waals surface area contributed by atoms with Crippen LogP contribution in [0.5, 0.6) is 5.75 Å². The van der Waals surface area contributed by atoms with Crippen LogP contribution < -0.4 is 10.1 Å². The number of benzene rings is 2. The van der Waals surface area contributed by atoms with Crippen molar-refractivity contribution in [2.45, 2.75) is 32.0 Å². The quantitative estimate of drug-likeness (QED) is 0.580. The fraction of sp³-hybridized carbons (Fsp3) is 0.296. The maximum Gasteiger partial charge on any atom is 0.258 e. The Labute approximate surface area is 207 Å². The smallest absolute Gasteiger partial charge is 0.258 e.